The molecule has 0 aromatic carbocycles. The van der Waals surface area contributed by atoms with Gasteiger partial charge in [-0.15, -0.1) is 0 Å². The van der Waals surface area contributed by atoms with E-state index in [1.165, 1.54) is 12.8 Å². The highest BCUT2D eigenvalue weighted by Gasteiger charge is 2.17. The van der Waals surface area contributed by atoms with Crippen LogP contribution in [0.1, 0.15) is 34.7 Å². The van der Waals surface area contributed by atoms with Crippen LogP contribution in [0.4, 0.5) is 0 Å². The molecule has 0 aliphatic carbocycles. The summed E-state index contributed by atoms with van der Waals surface area (Å²) in [7, 11) is 0. The molecule has 0 atom stereocenters. The summed E-state index contributed by atoms with van der Waals surface area (Å²) in [5.41, 5.74) is 0.705. The third-order valence-electron chi connectivity index (χ3n) is 2.74. The van der Waals surface area contributed by atoms with Crippen LogP contribution < -0.4 is 0 Å². The highest BCUT2D eigenvalue weighted by atomic mass is 16.4. The molecule has 0 radical (unpaired) electrons. The van der Waals surface area contributed by atoms with Gasteiger partial charge in [0.2, 0.25) is 5.76 Å². The molecular weight excluding hydrogens is 194 g/mol. The van der Waals surface area contributed by atoms with Crippen LogP contribution in [0, 0.1) is 6.92 Å². The van der Waals surface area contributed by atoms with Crippen LogP contribution >= 0.6 is 0 Å². The summed E-state index contributed by atoms with van der Waals surface area (Å²) in [5.74, 6) is -0.156. The van der Waals surface area contributed by atoms with E-state index in [4.69, 9.17) is 9.52 Å². The highest BCUT2D eigenvalue weighted by Crippen LogP contribution is 2.18. The number of carboxylic acids is 1. The van der Waals surface area contributed by atoms with Gasteiger partial charge in [-0.1, -0.05) is 0 Å². The molecule has 1 aliphatic rings. The Bertz CT molecular complexity index is 364. The van der Waals surface area contributed by atoms with Crippen molar-refractivity contribution in [2.45, 2.75) is 26.3 Å². The SMILES string of the molecule is Cc1cc(CN2CCCC2)oc1C(=O)O. The molecule has 1 N–H and O–H groups in total. The first-order valence-corrected chi connectivity index (χ1v) is 5.22. The normalized spacial score (nSPS) is 17.1. The summed E-state index contributed by atoms with van der Waals surface area (Å²) in [4.78, 5) is 13.0. The predicted molar refractivity (Wildman–Crippen MR) is 54.9 cm³/mol. The van der Waals surface area contributed by atoms with Crippen LogP contribution in [-0.2, 0) is 6.54 Å². The Kier molecular flexibility index (Phi) is 2.77. The number of aryl methyl sites for hydroxylation is 1. The zero-order chi connectivity index (χ0) is 10.8. The summed E-state index contributed by atoms with van der Waals surface area (Å²) in [6.07, 6.45) is 2.46. The van der Waals surface area contributed by atoms with Gasteiger partial charge in [0.25, 0.3) is 0 Å². The number of likely N-dealkylation sites (tertiary alicyclic amines) is 1. The van der Waals surface area contributed by atoms with Gasteiger partial charge in [-0.2, -0.15) is 0 Å². The molecule has 2 heterocycles. The van der Waals surface area contributed by atoms with Crippen LogP contribution in [0.15, 0.2) is 10.5 Å². The number of carboxylic acid groups (broad SMARTS) is 1. The molecule has 1 fully saturated rings. The first-order chi connectivity index (χ1) is 7.16. The Hall–Kier alpha value is -1.29. The second kappa shape index (κ2) is 4.06. The maximum absolute atomic E-state index is 10.8. The number of rotatable bonds is 3. The van der Waals surface area contributed by atoms with Crippen molar-refractivity contribution in [2.24, 2.45) is 0 Å². The lowest BCUT2D eigenvalue weighted by Gasteiger charge is -2.11. The van der Waals surface area contributed by atoms with Gasteiger partial charge in [0, 0.05) is 5.56 Å². The van der Waals surface area contributed by atoms with Crippen molar-refractivity contribution in [1.82, 2.24) is 4.90 Å². The van der Waals surface area contributed by atoms with Gasteiger partial charge in [0.1, 0.15) is 5.76 Å². The third-order valence-corrected chi connectivity index (χ3v) is 2.74. The number of furan rings is 1. The predicted octanol–water partition coefficient (Wildman–Crippen LogP) is 1.88. The van der Waals surface area contributed by atoms with Gasteiger partial charge < -0.3 is 9.52 Å². The highest BCUT2D eigenvalue weighted by molar-refractivity contribution is 5.86. The van der Waals surface area contributed by atoms with E-state index in [0.29, 0.717) is 5.56 Å². The summed E-state index contributed by atoms with van der Waals surface area (Å²) in [5, 5.41) is 8.83. The minimum atomic E-state index is -0.986. The van der Waals surface area contributed by atoms with Crippen molar-refractivity contribution >= 4 is 5.97 Å². The molecule has 15 heavy (non-hydrogen) atoms. The molecule has 4 heteroatoms. The van der Waals surface area contributed by atoms with Crippen molar-refractivity contribution in [3.63, 3.8) is 0 Å². The number of hydrogen-bond acceptors (Lipinski definition) is 3. The Morgan fingerprint density at radius 1 is 1.53 bits per heavy atom. The Morgan fingerprint density at radius 3 is 2.73 bits per heavy atom. The topological polar surface area (TPSA) is 53.7 Å². The zero-order valence-corrected chi connectivity index (χ0v) is 8.82. The molecule has 1 aromatic rings. The maximum Gasteiger partial charge on any atom is 0.372 e. The first-order valence-electron chi connectivity index (χ1n) is 5.22. The molecule has 0 unspecified atom stereocenters. The number of nitrogens with zero attached hydrogens (tertiary/aromatic N) is 1. The van der Waals surface area contributed by atoms with Crippen molar-refractivity contribution in [3.8, 4) is 0 Å². The van der Waals surface area contributed by atoms with Crippen LogP contribution in [0.2, 0.25) is 0 Å². The molecule has 1 aromatic heterocycles. The van der Waals surface area contributed by atoms with Gasteiger partial charge >= 0.3 is 5.97 Å². The van der Waals surface area contributed by atoms with E-state index in [0.717, 1.165) is 25.4 Å². The molecule has 0 spiro atoms. The quantitative estimate of drug-likeness (QED) is 0.825. The number of aromatic carboxylic acids is 1. The van der Waals surface area contributed by atoms with Gasteiger partial charge in [-0.05, 0) is 38.9 Å². The van der Waals surface area contributed by atoms with E-state index in [-0.39, 0.29) is 5.76 Å². The van der Waals surface area contributed by atoms with Gasteiger partial charge in [-0.3, -0.25) is 4.90 Å². The van der Waals surface area contributed by atoms with Crippen LogP contribution in [0.5, 0.6) is 0 Å². The summed E-state index contributed by atoms with van der Waals surface area (Å²) < 4.78 is 5.30. The number of hydrogen-bond donors (Lipinski definition) is 1. The molecular formula is C11H15NO3. The molecule has 82 valence electrons. The molecule has 0 bridgehead atoms. The minimum absolute atomic E-state index is 0.0733. The Balaban J connectivity index is 2.08. The molecule has 0 saturated carbocycles. The van der Waals surface area contributed by atoms with Crippen LogP contribution in [0.25, 0.3) is 0 Å². The molecule has 4 nitrogen and oxygen atoms in total. The fourth-order valence-corrected chi connectivity index (χ4v) is 2.00. The molecule has 2 rings (SSSR count). The second-order valence-corrected chi connectivity index (χ2v) is 4.01. The third kappa shape index (κ3) is 2.21. The van der Waals surface area contributed by atoms with Gasteiger partial charge in [-0.25, -0.2) is 4.79 Å². The zero-order valence-electron chi connectivity index (χ0n) is 8.82. The summed E-state index contributed by atoms with van der Waals surface area (Å²) in [6.45, 7) is 4.67. The van der Waals surface area contributed by atoms with E-state index in [1.807, 2.05) is 6.07 Å². The lowest BCUT2D eigenvalue weighted by atomic mass is 10.2. The summed E-state index contributed by atoms with van der Waals surface area (Å²) >= 11 is 0. The second-order valence-electron chi connectivity index (χ2n) is 4.01. The van der Waals surface area contributed by atoms with E-state index >= 15 is 0 Å². The monoisotopic (exact) mass is 209 g/mol. The van der Waals surface area contributed by atoms with Crippen molar-refractivity contribution in [3.05, 3.63) is 23.2 Å². The number of carbonyl (C=O) groups is 1. The van der Waals surface area contributed by atoms with Crippen molar-refractivity contribution in [1.29, 1.82) is 0 Å². The molecule has 1 aliphatic heterocycles. The molecule has 1 saturated heterocycles. The van der Waals surface area contributed by atoms with E-state index in [1.54, 1.807) is 6.92 Å². The van der Waals surface area contributed by atoms with E-state index in [9.17, 15) is 4.79 Å². The fraction of sp³-hybridized carbons (Fsp3) is 0.545. The van der Waals surface area contributed by atoms with Crippen LogP contribution in [0.3, 0.4) is 0 Å². The van der Waals surface area contributed by atoms with E-state index < -0.39 is 5.97 Å². The Labute approximate surface area is 88.5 Å². The van der Waals surface area contributed by atoms with E-state index in [2.05, 4.69) is 4.90 Å². The standard InChI is InChI=1S/C11H15NO3/c1-8-6-9(15-10(8)11(13)14)7-12-4-2-3-5-12/h6H,2-5,7H2,1H3,(H,13,14). The molecule has 0 amide bonds. The smallest absolute Gasteiger partial charge is 0.372 e. The maximum atomic E-state index is 10.8. The summed E-state index contributed by atoms with van der Waals surface area (Å²) in [6, 6.07) is 1.82. The van der Waals surface area contributed by atoms with Crippen LogP contribution in [-0.4, -0.2) is 29.1 Å². The van der Waals surface area contributed by atoms with Crippen molar-refractivity contribution < 1.29 is 14.3 Å². The lowest BCUT2D eigenvalue weighted by molar-refractivity contribution is 0.0657. The Morgan fingerprint density at radius 2 is 2.20 bits per heavy atom. The fourth-order valence-electron chi connectivity index (χ4n) is 2.00. The lowest BCUT2D eigenvalue weighted by Crippen LogP contribution is -2.17. The average molecular weight is 209 g/mol. The first kappa shape index (κ1) is 10.2. The van der Waals surface area contributed by atoms with Crippen molar-refractivity contribution in [2.75, 3.05) is 13.1 Å². The minimum Gasteiger partial charge on any atom is -0.475 e. The van der Waals surface area contributed by atoms with Gasteiger partial charge in [0.15, 0.2) is 0 Å². The largest absolute Gasteiger partial charge is 0.475 e. The van der Waals surface area contributed by atoms with Gasteiger partial charge in [0.05, 0.1) is 6.54 Å². The average Bonchev–Trinajstić information content (AvgIpc) is 2.75.